The molecular weight excluding hydrogens is 367 g/mol. The third-order valence-corrected chi connectivity index (χ3v) is 6.44. The Hall–Kier alpha value is -2.41. The van der Waals surface area contributed by atoms with E-state index < -0.39 is 10.0 Å². The fraction of sp³-hybridized carbons (Fsp3) is 0.350. The Kier molecular flexibility index (Phi) is 6.11. The molecule has 0 aliphatic carbocycles. The van der Waals surface area contributed by atoms with Crippen molar-refractivity contribution < 1.29 is 17.6 Å². The zero-order chi connectivity index (χ0) is 19.3. The van der Waals surface area contributed by atoms with Crippen molar-refractivity contribution in [3.05, 3.63) is 59.9 Å². The van der Waals surface area contributed by atoms with E-state index in [0.717, 1.165) is 12.0 Å². The lowest BCUT2D eigenvalue weighted by Crippen LogP contribution is -2.37. The molecule has 144 valence electrons. The van der Waals surface area contributed by atoms with Crippen molar-refractivity contribution in [3.8, 4) is 0 Å². The van der Waals surface area contributed by atoms with E-state index in [2.05, 4.69) is 5.32 Å². The summed E-state index contributed by atoms with van der Waals surface area (Å²) in [4.78, 5) is 12.1. The Morgan fingerprint density at radius 1 is 1.04 bits per heavy atom. The molecule has 0 bridgehead atoms. The summed E-state index contributed by atoms with van der Waals surface area (Å²) >= 11 is 0. The van der Waals surface area contributed by atoms with Gasteiger partial charge in [0.15, 0.2) is 0 Å². The minimum absolute atomic E-state index is 0.101. The van der Waals surface area contributed by atoms with Crippen molar-refractivity contribution in [1.29, 1.82) is 0 Å². The molecule has 2 aromatic carbocycles. The van der Waals surface area contributed by atoms with Gasteiger partial charge in [0.2, 0.25) is 15.9 Å². The molecule has 1 saturated heterocycles. The molecule has 7 heteroatoms. The summed E-state index contributed by atoms with van der Waals surface area (Å²) in [6, 6.07) is 13.2. The molecule has 0 saturated carbocycles. The highest BCUT2D eigenvalue weighted by Gasteiger charge is 2.25. The minimum atomic E-state index is -3.23. The lowest BCUT2D eigenvalue weighted by atomic mass is 10.1. The quantitative estimate of drug-likeness (QED) is 0.818. The molecule has 1 amide bonds. The maximum absolute atomic E-state index is 12.9. The van der Waals surface area contributed by atoms with Gasteiger partial charge in [0.25, 0.3) is 0 Å². The Labute approximate surface area is 159 Å². The molecule has 0 atom stereocenters. The predicted molar refractivity (Wildman–Crippen MR) is 105 cm³/mol. The van der Waals surface area contributed by atoms with Gasteiger partial charge in [0.1, 0.15) is 5.82 Å². The first-order valence-corrected chi connectivity index (χ1v) is 10.7. The third kappa shape index (κ3) is 5.29. The van der Waals surface area contributed by atoms with Crippen LogP contribution in [0.25, 0.3) is 0 Å². The van der Waals surface area contributed by atoms with Gasteiger partial charge in [-0.25, -0.2) is 12.8 Å². The average molecular weight is 390 g/mol. The number of sulfonamides is 1. The van der Waals surface area contributed by atoms with Crippen molar-refractivity contribution in [3.63, 3.8) is 0 Å². The maximum Gasteiger partial charge on any atom is 0.235 e. The fourth-order valence-electron chi connectivity index (χ4n) is 3.12. The molecule has 0 unspecified atom stereocenters. The second-order valence-corrected chi connectivity index (χ2v) is 8.68. The van der Waals surface area contributed by atoms with Crippen LogP contribution in [0.3, 0.4) is 0 Å². The zero-order valence-electron chi connectivity index (χ0n) is 15.0. The molecule has 1 N–H and O–H groups in total. The van der Waals surface area contributed by atoms with Gasteiger partial charge < -0.3 is 5.32 Å². The number of hydrogen-bond acceptors (Lipinski definition) is 3. The van der Waals surface area contributed by atoms with Gasteiger partial charge in [-0.2, -0.15) is 0 Å². The van der Waals surface area contributed by atoms with Crippen molar-refractivity contribution in [1.82, 2.24) is 0 Å². The first-order valence-electron chi connectivity index (χ1n) is 9.09. The Morgan fingerprint density at radius 3 is 2.41 bits per heavy atom. The van der Waals surface area contributed by atoms with Crippen molar-refractivity contribution >= 4 is 27.3 Å². The van der Waals surface area contributed by atoms with E-state index in [0.29, 0.717) is 43.6 Å². The first kappa shape index (κ1) is 19.4. The van der Waals surface area contributed by atoms with Crippen LogP contribution in [-0.4, -0.2) is 26.6 Å². The molecule has 3 rings (SSSR count). The number of benzene rings is 2. The summed E-state index contributed by atoms with van der Waals surface area (Å²) in [7, 11) is -3.23. The van der Waals surface area contributed by atoms with Crippen molar-refractivity contribution in [2.24, 2.45) is 0 Å². The topological polar surface area (TPSA) is 66.5 Å². The van der Waals surface area contributed by atoms with Gasteiger partial charge >= 0.3 is 0 Å². The Morgan fingerprint density at radius 2 is 1.74 bits per heavy atom. The van der Waals surface area contributed by atoms with Crippen LogP contribution in [0, 0.1) is 5.82 Å². The molecule has 0 radical (unpaired) electrons. The standard InChI is InChI=1S/C20H23FN2O3S/c21-17-8-6-16(7-9-17)4-3-5-20(24)22-18-10-12-19(13-11-18)23-14-1-2-15-27(23,25)26/h6-13H,1-5,14-15H2,(H,22,24). The van der Waals surface area contributed by atoms with Gasteiger partial charge in [-0.3, -0.25) is 9.10 Å². The van der Waals surface area contributed by atoms with E-state index in [1.54, 1.807) is 36.4 Å². The summed E-state index contributed by atoms with van der Waals surface area (Å²) in [6.45, 7) is 0.497. The Balaban J connectivity index is 1.50. The summed E-state index contributed by atoms with van der Waals surface area (Å²) < 4.78 is 38.6. The van der Waals surface area contributed by atoms with Crippen molar-refractivity contribution in [2.75, 3.05) is 21.9 Å². The molecule has 5 nitrogen and oxygen atoms in total. The van der Waals surface area contributed by atoms with Crippen LogP contribution in [0.4, 0.5) is 15.8 Å². The molecule has 1 aliphatic rings. The monoisotopic (exact) mass is 390 g/mol. The molecule has 27 heavy (non-hydrogen) atoms. The summed E-state index contributed by atoms with van der Waals surface area (Å²) in [5.41, 5.74) is 2.26. The summed E-state index contributed by atoms with van der Waals surface area (Å²) in [6.07, 6.45) is 3.29. The number of aryl methyl sites for hydroxylation is 1. The number of nitrogens with zero attached hydrogens (tertiary/aromatic N) is 1. The molecule has 1 fully saturated rings. The number of nitrogens with one attached hydrogen (secondary N) is 1. The average Bonchev–Trinajstić information content (AvgIpc) is 2.64. The van der Waals surface area contributed by atoms with E-state index in [-0.39, 0.29) is 17.5 Å². The fourth-order valence-corrected chi connectivity index (χ4v) is 4.76. The van der Waals surface area contributed by atoms with E-state index in [1.807, 2.05) is 0 Å². The molecule has 2 aromatic rings. The lowest BCUT2D eigenvalue weighted by Gasteiger charge is -2.28. The van der Waals surface area contributed by atoms with Crippen molar-refractivity contribution in [2.45, 2.75) is 32.1 Å². The number of anilines is 2. The first-order chi connectivity index (χ1) is 12.9. The highest BCUT2D eigenvalue weighted by atomic mass is 32.2. The molecule has 0 aromatic heterocycles. The van der Waals surface area contributed by atoms with E-state index in [1.165, 1.54) is 16.4 Å². The molecule has 1 heterocycles. The minimum Gasteiger partial charge on any atom is -0.326 e. The summed E-state index contributed by atoms with van der Waals surface area (Å²) in [5.74, 6) is -0.188. The Bertz CT molecular complexity index is 880. The second kappa shape index (κ2) is 8.52. The van der Waals surface area contributed by atoms with Gasteiger partial charge in [0.05, 0.1) is 11.4 Å². The van der Waals surface area contributed by atoms with Crippen LogP contribution in [0.15, 0.2) is 48.5 Å². The number of carbonyl (C=O) groups excluding carboxylic acids is 1. The molecular formula is C20H23FN2O3S. The number of hydrogen-bond donors (Lipinski definition) is 1. The largest absolute Gasteiger partial charge is 0.326 e. The van der Waals surface area contributed by atoms with Gasteiger partial charge in [-0.15, -0.1) is 0 Å². The van der Waals surface area contributed by atoms with Crippen LogP contribution in [0.5, 0.6) is 0 Å². The van der Waals surface area contributed by atoms with Gasteiger partial charge in [0, 0.05) is 18.7 Å². The lowest BCUT2D eigenvalue weighted by molar-refractivity contribution is -0.116. The van der Waals surface area contributed by atoms with Crippen LogP contribution in [0.1, 0.15) is 31.2 Å². The number of carbonyl (C=O) groups is 1. The van der Waals surface area contributed by atoms with Crippen LogP contribution in [0.2, 0.25) is 0 Å². The number of rotatable bonds is 6. The van der Waals surface area contributed by atoms with Gasteiger partial charge in [-0.1, -0.05) is 12.1 Å². The molecule has 0 spiro atoms. The van der Waals surface area contributed by atoms with Gasteiger partial charge in [-0.05, 0) is 67.6 Å². The number of halogens is 1. The second-order valence-electron chi connectivity index (χ2n) is 6.67. The summed E-state index contributed by atoms with van der Waals surface area (Å²) in [5, 5.41) is 2.82. The SMILES string of the molecule is O=C(CCCc1ccc(F)cc1)Nc1ccc(N2CCCCS2(=O)=O)cc1. The number of amides is 1. The highest BCUT2D eigenvalue weighted by molar-refractivity contribution is 7.92. The van der Waals surface area contributed by atoms with Crippen LogP contribution in [-0.2, 0) is 21.2 Å². The van der Waals surface area contributed by atoms with Crippen LogP contribution < -0.4 is 9.62 Å². The smallest absolute Gasteiger partial charge is 0.235 e. The highest BCUT2D eigenvalue weighted by Crippen LogP contribution is 2.25. The molecule has 1 aliphatic heterocycles. The maximum atomic E-state index is 12.9. The van der Waals surface area contributed by atoms with E-state index in [9.17, 15) is 17.6 Å². The normalized spacial score (nSPS) is 16.1. The zero-order valence-corrected chi connectivity index (χ0v) is 15.8. The third-order valence-electron chi connectivity index (χ3n) is 4.57. The van der Waals surface area contributed by atoms with E-state index in [4.69, 9.17) is 0 Å². The van der Waals surface area contributed by atoms with E-state index >= 15 is 0 Å². The van der Waals surface area contributed by atoms with Crippen LogP contribution >= 0.6 is 0 Å². The predicted octanol–water partition coefficient (Wildman–Crippen LogP) is 3.72.